The van der Waals surface area contributed by atoms with Crippen LogP contribution in [0.4, 0.5) is 0 Å². The molecule has 1 fully saturated rings. The van der Waals surface area contributed by atoms with Crippen LogP contribution in [0.5, 0.6) is 0 Å². The lowest BCUT2D eigenvalue weighted by atomic mass is 9.94. The molecule has 168 valence electrons. The average Bonchev–Trinajstić information content (AvgIpc) is 3.03. The number of allylic oxidation sites excluding steroid dienone is 11. The fourth-order valence-electron chi connectivity index (χ4n) is 3.34. The minimum atomic E-state index is 0.0887. The summed E-state index contributed by atoms with van der Waals surface area (Å²) in [4.78, 5) is 14.8. The minimum Gasteiger partial charge on any atom is -0.394 e. The van der Waals surface area contributed by atoms with Gasteiger partial charge in [0.05, 0.1) is 7.05 Å². The van der Waals surface area contributed by atoms with E-state index in [4.69, 9.17) is 0 Å². The molecule has 1 aliphatic rings. The van der Waals surface area contributed by atoms with Crippen molar-refractivity contribution < 1.29 is 10.1 Å². The van der Waals surface area contributed by atoms with Crippen LogP contribution in [-0.4, -0.2) is 32.0 Å². The molecule has 4 heteroatoms. The lowest BCUT2D eigenvalue weighted by Gasteiger charge is -2.12. The summed E-state index contributed by atoms with van der Waals surface area (Å²) < 4.78 is 0. The first-order chi connectivity index (χ1) is 14.6. The number of carbonyl (C=O) groups is 1. The van der Waals surface area contributed by atoms with E-state index in [9.17, 15) is 4.79 Å². The zero-order chi connectivity index (χ0) is 23.7. The molecule has 0 aromatic carbocycles. The van der Waals surface area contributed by atoms with Gasteiger partial charge in [-0.1, -0.05) is 11.8 Å². The Morgan fingerprint density at radius 2 is 1.71 bits per heavy atom. The third kappa shape index (κ3) is 6.85. The molecule has 0 aromatic heterocycles. The lowest BCUT2D eigenvalue weighted by Crippen LogP contribution is -2.72. The number of quaternary nitrogens is 1. The molecular formula is C27H40N3O+. The number of hydrogen-bond acceptors (Lipinski definition) is 2. The highest BCUT2D eigenvalue weighted by Crippen LogP contribution is 2.33. The highest BCUT2D eigenvalue weighted by molar-refractivity contribution is 5.99. The second-order valence-corrected chi connectivity index (χ2v) is 8.10. The Morgan fingerprint density at radius 1 is 1.06 bits per heavy atom. The third-order valence-electron chi connectivity index (χ3n) is 6.13. The molecule has 1 heterocycles. The van der Waals surface area contributed by atoms with Crippen molar-refractivity contribution in [3.8, 4) is 0 Å². The number of amides is 1. The number of likely N-dealkylation sites (tertiary alicyclic amines) is 1. The van der Waals surface area contributed by atoms with Gasteiger partial charge in [-0.05, 0) is 106 Å². The molecule has 4 nitrogen and oxygen atoms in total. The van der Waals surface area contributed by atoms with E-state index < -0.39 is 0 Å². The normalized spacial score (nSPS) is 19.4. The summed E-state index contributed by atoms with van der Waals surface area (Å²) in [5.74, 6) is 0.0887. The molecule has 0 unspecified atom stereocenters. The van der Waals surface area contributed by atoms with Gasteiger partial charge in [0.1, 0.15) is 6.20 Å². The van der Waals surface area contributed by atoms with Gasteiger partial charge >= 0.3 is 0 Å². The summed E-state index contributed by atoms with van der Waals surface area (Å²) in [6, 6.07) is 0. The van der Waals surface area contributed by atoms with Crippen molar-refractivity contribution in [3.63, 3.8) is 0 Å². The molecule has 3 N–H and O–H groups in total. The average molecular weight is 423 g/mol. The monoisotopic (exact) mass is 422 g/mol. The molecule has 0 bridgehead atoms. The SMILES string of the molecule is CNC=CC=C(C)C(C)=C(C)C(C)=C1CC(=CC(C)=C(C)C(C)=C=C[NH2+]C)N(C)C1=O. The first kappa shape index (κ1) is 26.2. The van der Waals surface area contributed by atoms with Crippen LogP contribution in [0.1, 0.15) is 54.9 Å². The number of hydrogen-bond donors (Lipinski definition) is 2. The second kappa shape index (κ2) is 12.1. The van der Waals surface area contributed by atoms with Gasteiger partial charge in [0.25, 0.3) is 5.91 Å². The van der Waals surface area contributed by atoms with Crippen molar-refractivity contribution in [1.82, 2.24) is 10.2 Å². The van der Waals surface area contributed by atoms with Gasteiger partial charge in [-0.25, -0.2) is 0 Å². The Labute approximate surface area is 189 Å². The van der Waals surface area contributed by atoms with Crippen molar-refractivity contribution in [1.29, 1.82) is 0 Å². The van der Waals surface area contributed by atoms with Gasteiger partial charge in [0, 0.05) is 31.8 Å². The smallest absolute Gasteiger partial charge is 0.254 e. The van der Waals surface area contributed by atoms with Crippen LogP contribution in [-0.2, 0) is 4.79 Å². The van der Waals surface area contributed by atoms with Crippen LogP contribution >= 0.6 is 0 Å². The number of nitrogens with two attached hydrogens (primary N) is 1. The van der Waals surface area contributed by atoms with Gasteiger partial charge in [0.15, 0.2) is 0 Å². The lowest BCUT2D eigenvalue weighted by molar-refractivity contribution is -0.556. The van der Waals surface area contributed by atoms with Crippen molar-refractivity contribution in [2.75, 3.05) is 21.1 Å². The minimum absolute atomic E-state index is 0.0887. The first-order valence-electron chi connectivity index (χ1n) is 10.8. The van der Waals surface area contributed by atoms with Crippen LogP contribution in [0.15, 0.2) is 86.6 Å². The summed E-state index contributed by atoms with van der Waals surface area (Å²) in [7, 11) is 5.73. The zero-order valence-corrected chi connectivity index (χ0v) is 21.0. The van der Waals surface area contributed by atoms with E-state index in [0.29, 0.717) is 6.42 Å². The van der Waals surface area contributed by atoms with Crippen molar-refractivity contribution in [2.24, 2.45) is 0 Å². The third-order valence-corrected chi connectivity index (χ3v) is 6.13. The Balaban J connectivity index is 3.36. The topological polar surface area (TPSA) is 49.0 Å². The number of rotatable bonds is 7. The Morgan fingerprint density at radius 3 is 2.29 bits per heavy atom. The van der Waals surface area contributed by atoms with Gasteiger partial charge in [-0.15, -0.1) is 0 Å². The quantitative estimate of drug-likeness (QED) is 0.356. The van der Waals surface area contributed by atoms with Gasteiger partial charge in [-0.3, -0.25) is 4.79 Å². The highest BCUT2D eigenvalue weighted by atomic mass is 16.2. The van der Waals surface area contributed by atoms with Gasteiger partial charge in [-0.2, -0.15) is 0 Å². The summed E-state index contributed by atoms with van der Waals surface area (Å²) in [5, 5.41) is 4.97. The zero-order valence-electron chi connectivity index (χ0n) is 21.0. The van der Waals surface area contributed by atoms with Crippen molar-refractivity contribution >= 4 is 5.91 Å². The summed E-state index contributed by atoms with van der Waals surface area (Å²) in [6.07, 6.45) is 10.7. The van der Waals surface area contributed by atoms with Crippen LogP contribution in [0, 0.1) is 0 Å². The maximum atomic E-state index is 13.0. The Bertz CT molecular complexity index is 958. The van der Waals surface area contributed by atoms with Crippen molar-refractivity contribution in [3.05, 3.63) is 86.6 Å². The van der Waals surface area contributed by atoms with Gasteiger partial charge in [0.2, 0.25) is 0 Å². The molecule has 31 heavy (non-hydrogen) atoms. The number of nitrogens with one attached hydrogen (secondary N) is 1. The molecule has 1 rings (SSSR count). The molecule has 0 atom stereocenters. The summed E-state index contributed by atoms with van der Waals surface area (Å²) in [6.45, 7) is 14.6. The Hall–Kier alpha value is -2.81. The van der Waals surface area contributed by atoms with E-state index in [0.717, 1.165) is 33.6 Å². The largest absolute Gasteiger partial charge is 0.394 e. The van der Waals surface area contributed by atoms with E-state index >= 15 is 0 Å². The number of nitrogens with zero attached hydrogens (tertiary/aromatic N) is 1. The fourth-order valence-corrected chi connectivity index (χ4v) is 3.34. The molecule has 1 saturated heterocycles. The van der Waals surface area contributed by atoms with E-state index in [1.54, 1.807) is 4.90 Å². The number of likely N-dealkylation sites (N-methyl/N-ethyl adjacent to an activating group) is 1. The van der Waals surface area contributed by atoms with Crippen LogP contribution < -0.4 is 10.6 Å². The highest BCUT2D eigenvalue weighted by Gasteiger charge is 2.29. The Kier molecular flexibility index (Phi) is 10.3. The molecule has 0 aliphatic carbocycles. The number of carbonyl (C=O) groups excluding carboxylic acids is 1. The van der Waals surface area contributed by atoms with E-state index in [1.165, 1.54) is 16.7 Å². The molecule has 0 aromatic rings. The van der Waals surface area contributed by atoms with Crippen LogP contribution in [0.25, 0.3) is 0 Å². The molecular weight excluding hydrogens is 382 g/mol. The van der Waals surface area contributed by atoms with Crippen LogP contribution in [0.2, 0.25) is 0 Å². The van der Waals surface area contributed by atoms with Crippen LogP contribution in [0.3, 0.4) is 0 Å². The van der Waals surface area contributed by atoms with E-state index in [2.05, 4.69) is 71.7 Å². The molecule has 1 amide bonds. The molecule has 1 aliphatic heterocycles. The van der Waals surface area contributed by atoms with Crippen molar-refractivity contribution in [2.45, 2.75) is 54.9 Å². The maximum absolute atomic E-state index is 13.0. The first-order valence-corrected chi connectivity index (χ1v) is 10.8. The fraction of sp³-hybridized carbons (Fsp3) is 0.407. The molecule has 0 radical (unpaired) electrons. The van der Waals surface area contributed by atoms with E-state index in [1.807, 2.05) is 44.9 Å². The second-order valence-electron chi connectivity index (χ2n) is 8.10. The predicted octanol–water partition coefficient (Wildman–Crippen LogP) is 4.65. The summed E-state index contributed by atoms with van der Waals surface area (Å²) in [5.41, 5.74) is 13.2. The van der Waals surface area contributed by atoms with E-state index in [-0.39, 0.29) is 5.91 Å². The molecule has 0 spiro atoms. The standard InChI is InChI=1S/C27H39N3O/c1-18(12-11-14-28-8)22(5)23(6)24(7)26-17-25(30(10)27(26)31)16-20(3)21(4)19(2)13-15-29-9/h11-12,14-16,28-29H,17H2,1-10H3/p+1. The maximum Gasteiger partial charge on any atom is 0.254 e. The predicted molar refractivity (Wildman–Crippen MR) is 132 cm³/mol. The molecule has 0 saturated carbocycles. The van der Waals surface area contributed by atoms with Gasteiger partial charge < -0.3 is 15.5 Å². The summed E-state index contributed by atoms with van der Waals surface area (Å²) >= 11 is 0.